The maximum atomic E-state index is 12.7. The standard InChI is InChI=1S/C17H20ClN3O5S/c1-10-12(17(22)21(20-10)11-4-5-27(23,24)9-11)8-19-14-6-13(18)15(25-2)7-16(14)26-3/h6-8,11,20H,4-5,9H2,1-3H3/t11-/m1/s1. The summed E-state index contributed by atoms with van der Waals surface area (Å²) in [7, 11) is -0.101. The Hall–Kier alpha value is -2.26. The van der Waals surface area contributed by atoms with E-state index < -0.39 is 9.84 Å². The van der Waals surface area contributed by atoms with Gasteiger partial charge in [-0.25, -0.2) is 13.1 Å². The van der Waals surface area contributed by atoms with Gasteiger partial charge in [0.15, 0.2) is 9.84 Å². The molecule has 1 aliphatic rings. The summed E-state index contributed by atoms with van der Waals surface area (Å²) in [6.45, 7) is 1.74. The molecule has 0 aliphatic carbocycles. The maximum Gasteiger partial charge on any atom is 0.275 e. The van der Waals surface area contributed by atoms with Crippen LogP contribution < -0.4 is 15.0 Å². The number of nitrogens with zero attached hydrogens (tertiary/aromatic N) is 2. The molecular formula is C17H20ClN3O5S. The first-order chi connectivity index (χ1) is 12.8. The molecule has 0 saturated carbocycles. The van der Waals surface area contributed by atoms with Gasteiger partial charge in [0.25, 0.3) is 5.56 Å². The molecule has 0 radical (unpaired) electrons. The first-order valence-electron chi connectivity index (χ1n) is 8.23. The van der Waals surface area contributed by atoms with Crippen LogP contribution in [0.25, 0.3) is 0 Å². The zero-order valence-corrected chi connectivity index (χ0v) is 16.7. The number of hydrogen-bond donors (Lipinski definition) is 1. The lowest BCUT2D eigenvalue weighted by Crippen LogP contribution is -2.25. The highest BCUT2D eigenvalue weighted by atomic mass is 35.5. The van der Waals surface area contributed by atoms with Crippen LogP contribution in [0.5, 0.6) is 11.5 Å². The molecule has 2 aromatic rings. The van der Waals surface area contributed by atoms with Gasteiger partial charge in [0, 0.05) is 18.0 Å². The summed E-state index contributed by atoms with van der Waals surface area (Å²) in [5, 5.41) is 3.32. The summed E-state index contributed by atoms with van der Waals surface area (Å²) in [6.07, 6.45) is 1.84. The average molecular weight is 414 g/mol. The molecule has 1 aromatic heterocycles. The topological polar surface area (TPSA) is 103 Å². The van der Waals surface area contributed by atoms with E-state index in [0.717, 1.165) is 0 Å². The summed E-state index contributed by atoms with van der Waals surface area (Å²) >= 11 is 6.14. The van der Waals surface area contributed by atoms with E-state index >= 15 is 0 Å². The Balaban J connectivity index is 1.95. The van der Waals surface area contributed by atoms with E-state index in [9.17, 15) is 13.2 Å². The monoisotopic (exact) mass is 413 g/mol. The van der Waals surface area contributed by atoms with Crippen molar-refractivity contribution in [3.8, 4) is 11.5 Å². The smallest absolute Gasteiger partial charge is 0.275 e. The van der Waals surface area contributed by atoms with Crippen molar-refractivity contribution in [3.05, 3.63) is 38.8 Å². The number of hydrogen-bond acceptors (Lipinski definition) is 6. The van der Waals surface area contributed by atoms with Crippen LogP contribution in [0.2, 0.25) is 5.02 Å². The van der Waals surface area contributed by atoms with Gasteiger partial charge >= 0.3 is 0 Å². The van der Waals surface area contributed by atoms with Crippen molar-refractivity contribution in [1.29, 1.82) is 0 Å². The molecule has 1 fully saturated rings. The first kappa shape index (κ1) is 19.5. The molecule has 1 aromatic carbocycles. The van der Waals surface area contributed by atoms with Crippen LogP contribution in [0.3, 0.4) is 0 Å². The number of halogens is 1. The number of H-pyrrole nitrogens is 1. The lowest BCUT2D eigenvalue weighted by atomic mass is 10.2. The molecule has 3 rings (SSSR count). The summed E-state index contributed by atoms with van der Waals surface area (Å²) in [5.74, 6) is 0.955. The number of nitrogens with one attached hydrogen (secondary N) is 1. The van der Waals surface area contributed by atoms with Crippen LogP contribution in [0, 0.1) is 6.92 Å². The Morgan fingerprint density at radius 1 is 1.30 bits per heavy atom. The zero-order chi connectivity index (χ0) is 19.8. The van der Waals surface area contributed by atoms with Crippen molar-refractivity contribution in [1.82, 2.24) is 9.78 Å². The van der Waals surface area contributed by atoms with Crippen molar-refractivity contribution in [3.63, 3.8) is 0 Å². The molecular weight excluding hydrogens is 394 g/mol. The summed E-state index contributed by atoms with van der Waals surface area (Å²) in [4.78, 5) is 17.0. The van der Waals surface area contributed by atoms with Crippen LogP contribution in [-0.2, 0) is 9.84 Å². The first-order valence-corrected chi connectivity index (χ1v) is 10.4. The van der Waals surface area contributed by atoms with Crippen molar-refractivity contribution in [2.75, 3.05) is 25.7 Å². The minimum absolute atomic E-state index is 0.0364. The number of aliphatic imine (C=N–C) groups is 1. The van der Waals surface area contributed by atoms with Crippen LogP contribution in [0.1, 0.15) is 23.7 Å². The Morgan fingerprint density at radius 3 is 2.59 bits per heavy atom. The highest BCUT2D eigenvalue weighted by Crippen LogP contribution is 2.37. The molecule has 0 bridgehead atoms. The minimum Gasteiger partial charge on any atom is -0.495 e. The largest absolute Gasteiger partial charge is 0.495 e. The SMILES string of the molecule is COc1cc(OC)c(N=Cc2c(C)[nH]n([C@@H]3CCS(=O)(=O)C3)c2=O)cc1Cl. The number of benzene rings is 1. The highest BCUT2D eigenvalue weighted by Gasteiger charge is 2.31. The Labute approximate surface area is 161 Å². The minimum atomic E-state index is -3.10. The van der Waals surface area contributed by atoms with Gasteiger partial charge in [0.05, 0.1) is 42.4 Å². The zero-order valence-electron chi connectivity index (χ0n) is 15.2. The van der Waals surface area contributed by atoms with E-state index in [1.54, 1.807) is 19.1 Å². The van der Waals surface area contributed by atoms with E-state index in [1.165, 1.54) is 25.1 Å². The van der Waals surface area contributed by atoms with Crippen LogP contribution in [0.4, 0.5) is 5.69 Å². The number of sulfone groups is 1. The van der Waals surface area contributed by atoms with Gasteiger partial charge in [-0.15, -0.1) is 0 Å². The third-order valence-electron chi connectivity index (χ3n) is 4.50. The fraction of sp³-hybridized carbons (Fsp3) is 0.412. The van der Waals surface area contributed by atoms with E-state index in [2.05, 4.69) is 10.1 Å². The number of ether oxygens (including phenoxy) is 2. The lowest BCUT2D eigenvalue weighted by molar-refractivity contribution is 0.395. The molecule has 0 spiro atoms. The second kappa shape index (κ2) is 7.40. The van der Waals surface area contributed by atoms with Gasteiger partial charge in [0.1, 0.15) is 17.2 Å². The second-order valence-corrected chi connectivity index (χ2v) is 8.94. The third-order valence-corrected chi connectivity index (χ3v) is 6.55. The van der Waals surface area contributed by atoms with Crippen LogP contribution in [-0.4, -0.2) is 50.1 Å². The molecule has 1 N–H and O–H groups in total. The molecule has 0 amide bonds. The Bertz CT molecular complexity index is 1060. The van der Waals surface area contributed by atoms with Gasteiger partial charge < -0.3 is 9.47 Å². The van der Waals surface area contributed by atoms with E-state index in [-0.39, 0.29) is 23.1 Å². The van der Waals surface area contributed by atoms with E-state index in [1.807, 2.05) is 0 Å². The molecule has 146 valence electrons. The predicted octanol–water partition coefficient (Wildman–Crippen LogP) is 2.27. The predicted molar refractivity (Wildman–Crippen MR) is 104 cm³/mol. The van der Waals surface area contributed by atoms with Crippen molar-refractivity contribution < 1.29 is 17.9 Å². The van der Waals surface area contributed by atoms with Crippen molar-refractivity contribution in [2.24, 2.45) is 4.99 Å². The van der Waals surface area contributed by atoms with Gasteiger partial charge in [-0.1, -0.05) is 11.6 Å². The third kappa shape index (κ3) is 3.89. The van der Waals surface area contributed by atoms with E-state index in [0.29, 0.717) is 39.9 Å². The molecule has 2 heterocycles. The van der Waals surface area contributed by atoms with Gasteiger partial charge in [-0.3, -0.25) is 14.9 Å². The molecule has 1 saturated heterocycles. The summed E-state index contributed by atoms with van der Waals surface area (Å²) in [5.41, 5.74) is 1.09. The van der Waals surface area contributed by atoms with Crippen LogP contribution >= 0.6 is 11.6 Å². The number of methoxy groups -OCH3 is 2. The Morgan fingerprint density at radius 2 is 2.00 bits per heavy atom. The number of aryl methyl sites for hydroxylation is 1. The van der Waals surface area contributed by atoms with Crippen molar-refractivity contribution in [2.45, 2.75) is 19.4 Å². The number of aromatic amines is 1. The highest BCUT2D eigenvalue weighted by molar-refractivity contribution is 7.91. The Kier molecular flexibility index (Phi) is 5.34. The quantitative estimate of drug-likeness (QED) is 0.757. The molecule has 10 heteroatoms. The van der Waals surface area contributed by atoms with Gasteiger partial charge in [0.2, 0.25) is 0 Å². The molecule has 1 aliphatic heterocycles. The normalized spacial score (nSPS) is 18.9. The fourth-order valence-electron chi connectivity index (χ4n) is 3.05. The number of rotatable bonds is 5. The molecule has 8 nitrogen and oxygen atoms in total. The maximum absolute atomic E-state index is 12.7. The van der Waals surface area contributed by atoms with E-state index in [4.69, 9.17) is 21.1 Å². The lowest BCUT2D eigenvalue weighted by Gasteiger charge is -2.08. The summed E-state index contributed by atoms with van der Waals surface area (Å²) in [6, 6.07) is 2.81. The van der Waals surface area contributed by atoms with Gasteiger partial charge in [-0.05, 0) is 19.4 Å². The molecule has 1 atom stereocenters. The molecule has 27 heavy (non-hydrogen) atoms. The summed E-state index contributed by atoms with van der Waals surface area (Å²) < 4.78 is 35.2. The fourth-order valence-corrected chi connectivity index (χ4v) is 4.98. The van der Waals surface area contributed by atoms with Gasteiger partial charge in [-0.2, -0.15) is 0 Å². The van der Waals surface area contributed by atoms with Crippen LogP contribution in [0.15, 0.2) is 21.9 Å². The second-order valence-electron chi connectivity index (χ2n) is 6.30. The number of aromatic nitrogens is 2. The average Bonchev–Trinajstić information content (AvgIpc) is 3.12. The molecule has 0 unspecified atom stereocenters. The van der Waals surface area contributed by atoms with Crippen molar-refractivity contribution >= 4 is 33.3 Å².